The molecule has 3 aliphatic heterocycles. The summed E-state index contributed by atoms with van der Waals surface area (Å²) < 4.78 is 21.8. The maximum absolute atomic E-state index is 14.1. The van der Waals surface area contributed by atoms with Gasteiger partial charge in [0.05, 0.1) is 74.0 Å². The third kappa shape index (κ3) is 20.6. The van der Waals surface area contributed by atoms with E-state index >= 15 is 0 Å². The summed E-state index contributed by atoms with van der Waals surface area (Å²) in [7, 11) is 11.3. The van der Waals surface area contributed by atoms with Crippen LogP contribution in [-0.2, 0) is 14.4 Å². The predicted molar refractivity (Wildman–Crippen MR) is 513 cm³/mol. The standard InChI is InChI=1S/C33H32N8O3.C33H38N8O3.C31H36N8O3/c1-4-29(42)35-23-11-8-12-25(19-23)41-31-26(37-30(32(41)43)22-9-6-5-7-10-22)21-34-33(38-31)36-24-13-14-27(28(20-24)44-3)40-17-15-39(2)16-18-40;1-4-29(42)35-23-11-8-12-25(19-23)41-31-27(36-30(32(41)43)22-9-6-5-7-10-22)21-34-33(38-31)37-26-14-13-24(20-28(26)44-3)40-17-15-39(2)16-18-40;1-7-27(40)33-21-9-8-10-22(16-21)39-29-24(34-28(19(2)3)30(39)41)18-32-31(36-29)35-23-15-20(4)25(17-26(23)42-6)38-13-11-37(5)12-14-38/h4-14,19-21H,1,15-18H2,2-3H3,(H,35,42)(H,34,36,38);4,8,11-14,19-22H,1,5-7,9-10,15-18H2,2-3H3,(H,35,42)(H,34,37,38);7-10,15-19H,1,11-14H2,2-6H3,(H,33,40)(H,32,35,36). The number of hydrogen-bond acceptors (Lipinski definition) is 27. The highest BCUT2D eigenvalue weighted by Gasteiger charge is 2.28. The number of anilines is 12. The number of benzene rings is 7. The van der Waals surface area contributed by atoms with Crippen molar-refractivity contribution in [3.05, 3.63) is 256 Å². The van der Waals surface area contributed by atoms with E-state index in [4.69, 9.17) is 34.1 Å². The number of carbonyl (C=O) groups excluding carboxylic acids is 3. The zero-order chi connectivity index (χ0) is 91.2. The maximum atomic E-state index is 14.1. The molecule has 13 aromatic rings. The highest BCUT2D eigenvalue weighted by atomic mass is 16.5. The second-order valence-electron chi connectivity index (χ2n) is 32.5. The van der Waals surface area contributed by atoms with E-state index in [1.807, 2.05) is 92.7 Å². The second-order valence-corrected chi connectivity index (χ2v) is 32.5. The number of aryl methyl sites for hydroxylation is 1. The molecule has 0 bridgehead atoms. The summed E-state index contributed by atoms with van der Waals surface area (Å²) in [6, 6.07) is 46.3. The van der Waals surface area contributed by atoms with Crippen LogP contribution in [-0.4, -0.2) is 212 Å². The van der Waals surface area contributed by atoms with E-state index in [9.17, 15) is 28.8 Å². The normalized spacial score (nSPS) is 14.5. The largest absolute Gasteiger partial charge is 0.495 e. The number of rotatable bonds is 24. The van der Waals surface area contributed by atoms with Crippen LogP contribution in [0.15, 0.2) is 223 Å². The lowest BCUT2D eigenvalue weighted by atomic mass is 9.87. The van der Waals surface area contributed by atoms with Crippen molar-refractivity contribution in [1.29, 1.82) is 0 Å². The van der Waals surface area contributed by atoms with Gasteiger partial charge in [-0.3, -0.25) is 42.5 Å². The van der Waals surface area contributed by atoms with Crippen LogP contribution in [0.5, 0.6) is 17.2 Å². The minimum Gasteiger partial charge on any atom is -0.495 e. The lowest BCUT2D eigenvalue weighted by molar-refractivity contribution is -0.112. The van der Waals surface area contributed by atoms with Crippen LogP contribution >= 0.6 is 0 Å². The molecule has 6 N–H and O–H groups in total. The van der Waals surface area contributed by atoms with Gasteiger partial charge >= 0.3 is 0 Å². The molecule has 4 fully saturated rings. The van der Waals surface area contributed by atoms with Gasteiger partial charge in [0, 0.05) is 148 Å². The van der Waals surface area contributed by atoms with Crippen LogP contribution < -0.4 is 77.5 Å². The van der Waals surface area contributed by atoms with Crippen LogP contribution in [0, 0.1) is 6.92 Å². The molecule has 0 atom stereocenters. The van der Waals surface area contributed by atoms with Gasteiger partial charge in [-0.25, -0.2) is 29.9 Å². The topological polar surface area (TPSA) is 353 Å². The first-order valence-corrected chi connectivity index (χ1v) is 43.3. The van der Waals surface area contributed by atoms with Crippen molar-refractivity contribution in [3.8, 4) is 45.6 Å². The summed E-state index contributed by atoms with van der Waals surface area (Å²) >= 11 is 0. The van der Waals surface area contributed by atoms with Gasteiger partial charge in [-0.05, 0) is 150 Å². The van der Waals surface area contributed by atoms with E-state index < -0.39 is 0 Å². The van der Waals surface area contributed by atoms with Crippen LogP contribution in [0.25, 0.3) is 61.8 Å². The van der Waals surface area contributed by atoms with Crippen molar-refractivity contribution in [2.45, 2.75) is 64.7 Å². The summed E-state index contributed by atoms with van der Waals surface area (Å²) in [5.41, 5.74) is 13.1. The first-order valence-electron chi connectivity index (χ1n) is 43.3. The quantitative estimate of drug-likeness (QED) is 0.0306. The first kappa shape index (κ1) is 89.7. The maximum Gasteiger partial charge on any atom is 0.283 e. The van der Waals surface area contributed by atoms with Crippen molar-refractivity contribution in [2.75, 3.05) is 168 Å². The Morgan fingerprint density at radius 1 is 0.415 bits per heavy atom. The molecule has 3 amide bonds. The summed E-state index contributed by atoms with van der Waals surface area (Å²) in [5.74, 6) is 1.86. The van der Waals surface area contributed by atoms with E-state index in [2.05, 4.69) is 140 Å². The third-order valence-corrected chi connectivity index (χ3v) is 23.3. The zero-order valence-corrected chi connectivity index (χ0v) is 74.4. The number of nitrogens with one attached hydrogen (secondary N) is 6. The minimum atomic E-state index is -0.362. The average Bonchev–Trinajstić information content (AvgIpc) is 0.762. The minimum absolute atomic E-state index is 0.0800. The van der Waals surface area contributed by atoms with Crippen molar-refractivity contribution in [2.24, 2.45) is 0 Å². The molecule has 17 rings (SSSR count). The fraction of sp³-hybridized carbons (Fsp3) is 0.289. The fourth-order valence-corrected chi connectivity index (χ4v) is 16.2. The van der Waals surface area contributed by atoms with Crippen molar-refractivity contribution >= 4 is 120 Å². The highest BCUT2D eigenvalue weighted by Crippen LogP contribution is 2.39. The fourth-order valence-electron chi connectivity index (χ4n) is 16.2. The Bertz CT molecular complexity index is 6590. The SMILES string of the molecule is C=CC(=O)Nc1cccc(-n2c(=O)c(-c3ccccc3)nc3cnc(Nc4ccc(N5CCN(C)CC5)c(OC)c4)nc32)c1.C=CC(=O)Nc1cccc(-n2c(=O)c(C(C)C)nc3cnc(Nc4cc(C)c(N5CCN(C)CC5)cc4OC)nc32)c1.C=CC(=O)Nc1cccc(-n2c(=O)c(C3CCCCC3)nc3cnc(Nc4ccc(N5CCN(C)CC5)cc4OC)nc32)c1. The van der Waals surface area contributed by atoms with Gasteiger partial charge in [0.25, 0.3) is 16.7 Å². The number of hydrogen-bond donors (Lipinski definition) is 6. The Kier molecular flexibility index (Phi) is 28.1. The molecule has 4 aliphatic rings. The molecular formula is C97H106N24O9. The van der Waals surface area contributed by atoms with Crippen molar-refractivity contribution in [1.82, 2.24) is 73.3 Å². The number of ether oxygens (including phenoxy) is 3. The molecule has 0 unspecified atom stereocenters. The highest BCUT2D eigenvalue weighted by molar-refractivity contribution is 6.00. The molecule has 130 heavy (non-hydrogen) atoms. The molecule has 3 saturated heterocycles. The van der Waals surface area contributed by atoms with E-state index in [0.717, 1.165) is 138 Å². The van der Waals surface area contributed by atoms with E-state index in [1.54, 1.807) is 111 Å². The van der Waals surface area contributed by atoms with Gasteiger partial charge in [-0.15, -0.1) is 0 Å². The summed E-state index contributed by atoms with van der Waals surface area (Å²) in [4.78, 5) is 134. The Morgan fingerprint density at radius 3 is 1.37 bits per heavy atom. The van der Waals surface area contributed by atoms with Gasteiger partial charge in [0.1, 0.15) is 50.9 Å². The van der Waals surface area contributed by atoms with E-state index in [0.29, 0.717) is 113 Å². The number of aromatic nitrogens is 12. The molecule has 6 aromatic heterocycles. The van der Waals surface area contributed by atoms with Crippen LogP contribution in [0.3, 0.4) is 0 Å². The molecule has 0 spiro atoms. The molecule has 7 aromatic carbocycles. The van der Waals surface area contributed by atoms with Crippen LogP contribution in [0.2, 0.25) is 0 Å². The van der Waals surface area contributed by atoms with Crippen molar-refractivity contribution in [3.63, 3.8) is 0 Å². The molecule has 0 radical (unpaired) electrons. The first-order chi connectivity index (χ1) is 63.0. The number of likely N-dealkylation sites (N-methyl/N-ethyl adjacent to an activating group) is 3. The van der Waals surface area contributed by atoms with Gasteiger partial charge in [-0.2, -0.15) is 15.0 Å². The van der Waals surface area contributed by atoms with Crippen molar-refractivity contribution < 1.29 is 28.6 Å². The van der Waals surface area contributed by atoms with Gasteiger partial charge in [-0.1, -0.05) is 101 Å². The predicted octanol–water partition coefficient (Wildman–Crippen LogP) is 13.6. The van der Waals surface area contributed by atoms with E-state index in [1.165, 1.54) is 33.8 Å². The molecule has 33 heteroatoms. The van der Waals surface area contributed by atoms with E-state index in [-0.39, 0.29) is 63.8 Å². The van der Waals surface area contributed by atoms with Gasteiger partial charge in [0.2, 0.25) is 35.6 Å². The summed E-state index contributed by atoms with van der Waals surface area (Å²) in [6.45, 7) is 28.1. The summed E-state index contributed by atoms with van der Waals surface area (Å²) in [6.07, 6.45) is 13.6. The number of amides is 3. The van der Waals surface area contributed by atoms with Gasteiger partial charge in [0.15, 0.2) is 16.9 Å². The lowest BCUT2D eigenvalue weighted by Gasteiger charge is -2.35. The molecule has 1 aliphatic carbocycles. The number of carbonyl (C=O) groups is 3. The number of methoxy groups -OCH3 is 3. The smallest absolute Gasteiger partial charge is 0.283 e. The van der Waals surface area contributed by atoms with Crippen LogP contribution in [0.4, 0.5) is 69.0 Å². The Hall–Kier alpha value is -15.1. The molecular weight excluding hydrogens is 1650 g/mol. The molecule has 33 nitrogen and oxygen atoms in total. The monoisotopic (exact) mass is 1750 g/mol. The Morgan fingerprint density at radius 2 is 0.869 bits per heavy atom. The number of nitrogens with zero attached hydrogens (tertiary/aromatic N) is 18. The second kappa shape index (κ2) is 40.7. The van der Waals surface area contributed by atoms with Crippen LogP contribution in [0.1, 0.15) is 74.7 Å². The Labute approximate surface area is 752 Å². The lowest BCUT2D eigenvalue weighted by Crippen LogP contribution is -2.44. The molecule has 1 saturated carbocycles. The summed E-state index contributed by atoms with van der Waals surface area (Å²) in [5, 5.41) is 18.1. The number of fused-ring (bicyclic) bond motifs is 3. The Balaban J connectivity index is 0.000000150. The van der Waals surface area contributed by atoms with Gasteiger partial charge < -0.3 is 75.5 Å². The zero-order valence-electron chi connectivity index (χ0n) is 74.4. The molecule has 9 heterocycles. The third-order valence-electron chi connectivity index (χ3n) is 23.3. The molecule has 668 valence electrons. The average molecular weight is 1750 g/mol. The number of piperazine rings is 3.